The fourth-order valence-corrected chi connectivity index (χ4v) is 1.84. The average molecular weight is 193 g/mol. The molecule has 1 aliphatic carbocycles. The number of hydrogen-bond donors (Lipinski definition) is 1. The van der Waals surface area contributed by atoms with E-state index < -0.39 is 6.61 Å². The molecule has 0 amide bonds. The maximum Gasteiger partial charge on any atom is 0.345 e. The Hall–Kier alpha value is -0.220. The van der Waals surface area contributed by atoms with Gasteiger partial charge in [0.2, 0.25) is 0 Å². The van der Waals surface area contributed by atoms with Gasteiger partial charge in [0.1, 0.15) is 0 Å². The Morgan fingerprint density at radius 3 is 2.54 bits per heavy atom. The maximum absolute atomic E-state index is 11.9. The third-order valence-electron chi connectivity index (χ3n) is 2.28. The summed E-state index contributed by atoms with van der Waals surface area (Å²) in [6, 6.07) is 0.431. The van der Waals surface area contributed by atoms with Crippen molar-refractivity contribution in [2.75, 3.05) is 0 Å². The van der Waals surface area contributed by atoms with Crippen molar-refractivity contribution >= 4 is 0 Å². The van der Waals surface area contributed by atoms with Crippen molar-refractivity contribution in [2.24, 2.45) is 0 Å². The molecule has 2 nitrogen and oxygen atoms in total. The van der Waals surface area contributed by atoms with Crippen LogP contribution in [0.2, 0.25) is 0 Å². The van der Waals surface area contributed by atoms with Crippen molar-refractivity contribution in [1.29, 1.82) is 0 Å². The molecule has 0 bridgehead atoms. The molecule has 0 aromatic rings. The lowest BCUT2D eigenvalue weighted by Crippen LogP contribution is -2.41. The van der Waals surface area contributed by atoms with E-state index in [0.29, 0.717) is 6.04 Å². The van der Waals surface area contributed by atoms with Crippen molar-refractivity contribution in [3.8, 4) is 0 Å². The molecule has 0 heterocycles. The van der Waals surface area contributed by atoms with E-state index >= 15 is 0 Å². The lowest BCUT2D eigenvalue weighted by atomic mass is 10.2. The van der Waals surface area contributed by atoms with E-state index in [9.17, 15) is 8.78 Å². The average Bonchev–Trinajstić information content (AvgIpc) is 2.34. The SMILES string of the molecule is CC(C)N[C@H]1CCC[C@H]1OC(F)F. The second-order valence-electron chi connectivity index (χ2n) is 3.79. The molecule has 0 aromatic heterocycles. The van der Waals surface area contributed by atoms with Crippen molar-refractivity contribution in [3.63, 3.8) is 0 Å². The van der Waals surface area contributed by atoms with Crippen molar-refractivity contribution in [1.82, 2.24) is 5.32 Å². The summed E-state index contributed by atoms with van der Waals surface area (Å²) < 4.78 is 28.4. The number of hydrogen-bond acceptors (Lipinski definition) is 2. The predicted molar refractivity (Wildman–Crippen MR) is 46.8 cm³/mol. The van der Waals surface area contributed by atoms with Crippen LogP contribution >= 0.6 is 0 Å². The first-order valence-electron chi connectivity index (χ1n) is 4.79. The van der Waals surface area contributed by atoms with E-state index in [2.05, 4.69) is 10.1 Å². The van der Waals surface area contributed by atoms with Gasteiger partial charge in [-0.25, -0.2) is 0 Å². The highest BCUT2D eigenvalue weighted by Crippen LogP contribution is 2.24. The minimum Gasteiger partial charge on any atom is -0.318 e. The maximum atomic E-state index is 11.9. The highest BCUT2D eigenvalue weighted by molar-refractivity contribution is 4.85. The summed E-state index contributed by atoms with van der Waals surface area (Å²) in [5.74, 6) is 0. The van der Waals surface area contributed by atoms with Crippen molar-refractivity contribution in [2.45, 2.75) is 57.9 Å². The minimum atomic E-state index is -2.64. The number of ether oxygens (including phenoxy) is 1. The zero-order chi connectivity index (χ0) is 9.84. The van der Waals surface area contributed by atoms with Crippen LogP contribution in [-0.4, -0.2) is 24.8 Å². The van der Waals surface area contributed by atoms with E-state index in [1.54, 1.807) is 0 Å². The summed E-state index contributed by atoms with van der Waals surface area (Å²) in [5.41, 5.74) is 0. The Morgan fingerprint density at radius 1 is 1.31 bits per heavy atom. The Bertz CT molecular complexity index is 137. The third kappa shape index (κ3) is 3.56. The zero-order valence-corrected chi connectivity index (χ0v) is 8.09. The lowest BCUT2D eigenvalue weighted by Gasteiger charge is -2.22. The van der Waals surface area contributed by atoms with Crippen LogP contribution in [0.25, 0.3) is 0 Å². The van der Waals surface area contributed by atoms with Gasteiger partial charge in [-0.05, 0) is 19.3 Å². The summed E-state index contributed by atoms with van der Waals surface area (Å²) in [6.45, 7) is 1.38. The van der Waals surface area contributed by atoms with Gasteiger partial charge in [-0.2, -0.15) is 8.78 Å². The molecule has 78 valence electrons. The fraction of sp³-hybridized carbons (Fsp3) is 1.00. The fourth-order valence-electron chi connectivity index (χ4n) is 1.84. The molecular weight excluding hydrogens is 176 g/mol. The predicted octanol–water partition coefficient (Wildman–Crippen LogP) is 2.14. The van der Waals surface area contributed by atoms with Crippen LogP contribution < -0.4 is 5.32 Å². The van der Waals surface area contributed by atoms with E-state index in [1.807, 2.05) is 13.8 Å². The molecule has 13 heavy (non-hydrogen) atoms. The van der Waals surface area contributed by atoms with Gasteiger partial charge in [0.15, 0.2) is 0 Å². The van der Waals surface area contributed by atoms with Crippen LogP contribution in [0.15, 0.2) is 0 Å². The monoisotopic (exact) mass is 193 g/mol. The van der Waals surface area contributed by atoms with Gasteiger partial charge < -0.3 is 10.1 Å². The summed E-state index contributed by atoms with van der Waals surface area (Å²) >= 11 is 0. The third-order valence-corrected chi connectivity index (χ3v) is 2.28. The van der Waals surface area contributed by atoms with Gasteiger partial charge in [-0.15, -0.1) is 0 Å². The minimum absolute atomic E-state index is 0.106. The number of halogens is 2. The molecule has 0 radical (unpaired) electrons. The first kappa shape index (κ1) is 10.9. The summed E-state index contributed by atoms with van der Waals surface area (Å²) in [7, 11) is 0. The van der Waals surface area contributed by atoms with Crippen molar-refractivity contribution < 1.29 is 13.5 Å². The largest absolute Gasteiger partial charge is 0.345 e. The van der Waals surface area contributed by atoms with Crippen LogP contribution in [0, 0.1) is 0 Å². The topological polar surface area (TPSA) is 21.3 Å². The summed E-state index contributed by atoms with van der Waals surface area (Å²) in [6.07, 6.45) is 2.36. The molecule has 0 unspecified atom stereocenters. The standard InChI is InChI=1S/C9H17F2NO/c1-6(2)12-7-4-3-5-8(7)13-9(10)11/h6-9,12H,3-5H2,1-2H3/t7-,8+/m0/s1. The Labute approximate surface area is 77.6 Å². The second kappa shape index (κ2) is 4.86. The highest BCUT2D eigenvalue weighted by atomic mass is 19.3. The van der Waals surface area contributed by atoms with Gasteiger partial charge in [0.25, 0.3) is 0 Å². The first-order valence-corrected chi connectivity index (χ1v) is 4.79. The molecule has 1 rings (SSSR count). The molecule has 1 saturated carbocycles. The van der Waals surface area contributed by atoms with E-state index in [1.165, 1.54) is 0 Å². The molecule has 1 N–H and O–H groups in total. The first-order chi connectivity index (χ1) is 6.09. The second-order valence-corrected chi connectivity index (χ2v) is 3.79. The molecule has 0 aromatic carbocycles. The van der Waals surface area contributed by atoms with Crippen LogP contribution in [0.4, 0.5) is 8.78 Å². The Kier molecular flexibility index (Phi) is 4.06. The van der Waals surface area contributed by atoms with Crippen LogP contribution in [-0.2, 0) is 4.74 Å². The zero-order valence-electron chi connectivity index (χ0n) is 8.09. The number of nitrogens with one attached hydrogen (secondary N) is 1. The van der Waals surface area contributed by atoms with Gasteiger partial charge in [-0.1, -0.05) is 13.8 Å². The van der Waals surface area contributed by atoms with Crippen molar-refractivity contribution in [3.05, 3.63) is 0 Å². The van der Waals surface area contributed by atoms with Gasteiger partial charge >= 0.3 is 6.61 Å². The Morgan fingerprint density at radius 2 is 2.00 bits per heavy atom. The molecule has 0 saturated heterocycles. The highest BCUT2D eigenvalue weighted by Gasteiger charge is 2.30. The van der Waals surface area contributed by atoms with Crippen LogP contribution in [0.5, 0.6) is 0 Å². The number of rotatable bonds is 4. The van der Waals surface area contributed by atoms with Gasteiger partial charge in [0, 0.05) is 12.1 Å². The van der Waals surface area contributed by atoms with Gasteiger partial charge in [0.05, 0.1) is 6.10 Å². The molecule has 0 spiro atoms. The molecule has 0 aliphatic heterocycles. The molecular formula is C9H17F2NO. The van der Waals surface area contributed by atoms with E-state index in [4.69, 9.17) is 0 Å². The molecule has 1 aliphatic rings. The smallest absolute Gasteiger partial charge is 0.318 e. The molecule has 2 atom stereocenters. The van der Waals surface area contributed by atoms with E-state index in [-0.39, 0.29) is 12.1 Å². The lowest BCUT2D eigenvalue weighted by molar-refractivity contribution is -0.166. The quantitative estimate of drug-likeness (QED) is 0.738. The Balaban J connectivity index is 2.35. The molecule has 4 heteroatoms. The van der Waals surface area contributed by atoms with Gasteiger partial charge in [-0.3, -0.25) is 0 Å². The summed E-state index contributed by atoms with van der Waals surface area (Å²) in [4.78, 5) is 0. The normalized spacial score (nSPS) is 29.1. The number of alkyl halides is 2. The van der Waals surface area contributed by atoms with Crippen LogP contribution in [0.1, 0.15) is 33.1 Å². The van der Waals surface area contributed by atoms with Crippen LogP contribution in [0.3, 0.4) is 0 Å². The molecule has 1 fully saturated rings. The summed E-state index contributed by atoms with van der Waals surface area (Å²) in [5, 5.41) is 3.24. The van der Waals surface area contributed by atoms with E-state index in [0.717, 1.165) is 19.3 Å².